The maximum absolute atomic E-state index is 12.7. The second-order valence-electron chi connectivity index (χ2n) is 34.9. The number of carbonyl (C=O) groups is 8. The molecule has 0 fully saturated rings. The van der Waals surface area contributed by atoms with Crippen LogP contribution in [0.1, 0.15) is 216 Å². The highest BCUT2D eigenvalue weighted by Crippen LogP contribution is 2.25. The van der Waals surface area contributed by atoms with Crippen LogP contribution in [0.25, 0.3) is 0 Å². The Morgan fingerprint density at radius 2 is 0.500 bits per heavy atom. The van der Waals surface area contributed by atoms with Crippen LogP contribution in [0.3, 0.4) is 0 Å². The standard InChI is InChI=1S/C24H34N4O3.C20H22N4O5.C18H22N4O2.C17H20N4O2.C16H18N4O2.C15H16N4O2/c1-23(2,3)30-14-17-11-19(25)8-7-16(17)13-27-28-22(29)21-10-9-20(26)12-18(21)15-31-24(4,5)6;1-12(25)28-10-15-7-17(21)4-3-14(15)9-23-24-20(27)19-6-5-18(22)8-16(19)11-29-13(2)26;1-2-9-24-12-15-10-17(20)8-5-14(15)11-21-22-18(23)13-3-6-16(19)7-4-13;1-2-23-11-14-9-16(19)8-5-13(14)10-20-21-17(22)12-3-6-15(18)7-4-12;1-22-10-13-8-15(18)7-4-12(13)9-19-20-16(21)11-2-5-14(17)6-3-11;16-13-4-1-10(2-5-13)15(21)19-18-8-11-3-6-14(17)7-12(11)9-20/h7-13H,14-15,25-26H2,1-6H3,(H,28,29);3-9H,10-11,21-22H2,1-2H3,(H,24,27);3-8,10-11H,2,9,12,19-20H2,1H3,(H,22,23);3-10H,2,11,18-19H2,1H3,(H,21,22);2-9H,10,17-18H2,1H3,(H,20,21);1-8,20H,9,16-17H2,(H,19,21)/b27-13+;23-9+;21-11+;20-10+;19-9+;18-8+. The summed E-state index contributed by atoms with van der Waals surface area (Å²) in [4.78, 5) is 94.9. The van der Waals surface area contributed by atoms with Crippen molar-refractivity contribution in [2.24, 2.45) is 30.6 Å². The lowest BCUT2D eigenvalue weighted by molar-refractivity contribution is -0.143. The molecule has 0 aromatic heterocycles. The number of hydrogen-bond donors (Lipinski definition) is 19. The number of ether oxygens (including phenoxy) is 7. The molecule has 0 heterocycles. The zero-order valence-electron chi connectivity index (χ0n) is 85.5. The summed E-state index contributed by atoms with van der Waals surface area (Å²) in [5.74, 6) is -2.99. The molecule has 0 atom stereocenters. The monoisotopic (exact) mass is 2050 g/mol. The van der Waals surface area contributed by atoms with Crippen molar-refractivity contribution < 1.29 is 76.6 Å². The van der Waals surface area contributed by atoms with Crippen LogP contribution in [-0.2, 0) is 95.6 Å². The Labute approximate surface area is 870 Å². The molecule has 0 aliphatic carbocycles. The smallest absolute Gasteiger partial charge is 0.302 e. The van der Waals surface area contributed by atoms with Gasteiger partial charge in [0.25, 0.3) is 35.4 Å². The van der Waals surface area contributed by atoms with Crippen LogP contribution >= 0.6 is 0 Å². The molecule has 0 bridgehead atoms. The van der Waals surface area contributed by atoms with E-state index in [1.54, 1.807) is 220 Å². The molecule has 0 aliphatic rings. The highest BCUT2D eigenvalue weighted by atomic mass is 16.5. The minimum Gasteiger partial charge on any atom is -0.461 e. The van der Waals surface area contributed by atoms with Crippen molar-refractivity contribution in [2.45, 2.75) is 140 Å². The fraction of sp³-hybridized carbons (Fsp3) is 0.218. The summed E-state index contributed by atoms with van der Waals surface area (Å²) in [5.41, 5.74) is 103. The van der Waals surface area contributed by atoms with E-state index in [4.69, 9.17) is 102 Å². The molecule has 0 saturated heterocycles. The van der Waals surface area contributed by atoms with Gasteiger partial charge in [-0.15, -0.1) is 0 Å². The lowest BCUT2D eigenvalue weighted by Crippen LogP contribution is -2.23. The zero-order valence-corrected chi connectivity index (χ0v) is 85.5. The lowest BCUT2D eigenvalue weighted by Gasteiger charge is -2.20. The first kappa shape index (κ1) is 119. The number of nitrogens with one attached hydrogen (secondary N) is 6. The van der Waals surface area contributed by atoms with Gasteiger partial charge in [0.05, 0.1) is 88.1 Å². The van der Waals surface area contributed by atoms with Gasteiger partial charge in [-0.1, -0.05) is 43.3 Å². The number of nitrogens with zero attached hydrogens (tertiary/aromatic N) is 6. The van der Waals surface area contributed by atoms with E-state index in [1.807, 2.05) is 97.0 Å². The number of amides is 6. The van der Waals surface area contributed by atoms with Gasteiger partial charge in [-0.3, -0.25) is 38.4 Å². The van der Waals surface area contributed by atoms with E-state index in [2.05, 4.69) is 70.1 Å². The number of nitrogens with two attached hydrogens (primary N) is 12. The number of anilines is 12. The largest absolute Gasteiger partial charge is 0.461 e. The molecule has 0 spiro atoms. The van der Waals surface area contributed by atoms with Crippen molar-refractivity contribution in [1.29, 1.82) is 0 Å². The van der Waals surface area contributed by atoms with E-state index in [0.29, 0.717) is 169 Å². The van der Waals surface area contributed by atoms with Gasteiger partial charge < -0.3 is 107 Å². The second-order valence-corrected chi connectivity index (χ2v) is 34.9. The molecule has 12 aromatic carbocycles. The molecule has 40 heteroatoms. The van der Waals surface area contributed by atoms with E-state index >= 15 is 0 Å². The Bertz CT molecular complexity index is 6710. The van der Waals surface area contributed by atoms with Gasteiger partial charge in [-0.25, -0.2) is 32.6 Å². The molecular weight excluding hydrogens is 1910 g/mol. The van der Waals surface area contributed by atoms with Crippen molar-refractivity contribution in [3.8, 4) is 0 Å². The van der Waals surface area contributed by atoms with Gasteiger partial charge in [-0.2, -0.15) is 30.6 Å². The predicted molar refractivity (Wildman–Crippen MR) is 593 cm³/mol. The number of hydrogen-bond acceptors (Lipinski definition) is 34. The van der Waals surface area contributed by atoms with Crippen molar-refractivity contribution in [3.05, 3.63) is 354 Å². The fourth-order valence-corrected chi connectivity index (χ4v) is 12.7. The summed E-state index contributed by atoms with van der Waals surface area (Å²) in [6.45, 7) is 21.4. The molecule has 12 rings (SSSR count). The molecule has 0 unspecified atom stereocenters. The van der Waals surface area contributed by atoms with Crippen LogP contribution in [0.4, 0.5) is 68.2 Å². The van der Waals surface area contributed by atoms with Crippen molar-refractivity contribution in [3.63, 3.8) is 0 Å². The number of methoxy groups -OCH3 is 1. The van der Waals surface area contributed by atoms with Gasteiger partial charge in [-0.05, 0) is 295 Å². The SMILES string of the molecule is CC(=O)OCc1cc(N)ccc1/C=N/NC(=O)c1ccc(N)cc1COC(C)=O.CC(C)(C)OCc1cc(N)ccc1/C=N/NC(=O)c1ccc(N)cc1COC(C)(C)C.CCCOCc1cc(N)ccc1/C=N/NC(=O)c1ccc(N)cc1.CCOCc1cc(N)ccc1/C=N/NC(=O)c1ccc(N)cc1.COCc1cc(N)ccc1/C=N/NC(=O)c1ccc(N)cc1.Nc1ccc(C(=O)N/N=C/c2ccc(N)cc2CO)cc1. The van der Waals surface area contributed by atoms with Crippen LogP contribution in [0.5, 0.6) is 0 Å². The predicted octanol–water partition coefficient (Wildman–Crippen LogP) is 13.5. The Morgan fingerprint density at radius 3 is 0.767 bits per heavy atom. The average Bonchev–Trinajstić information content (AvgIpc) is 0.870. The third-order valence-corrected chi connectivity index (χ3v) is 20.4. The van der Waals surface area contributed by atoms with Crippen molar-refractivity contribution >= 4 is 153 Å². The number of hydrazone groups is 6. The fourth-order valence-electron chi connectivity index (χ4n) is 12.7. The molecule has 40 nitrogen and oxygen atoms in total. The van der Waals surface area contributed by atoms with Gasteiger partial charge in [0.15, 0.2) is 0 Å². The Hall–Kier alpha value is -18.2. The summed E-state index contributed by atoms with van der Waals surface area (Å²) >= 11 is 0. The second kappa shape index (κ2) is 61.2. The maximum Gasteiger partial charge on any atom is 0.302 e. The summed E-state index contributed by atoms with van der Waals surface area (Å²) in [6, 6.07) is 68.0. The Kier molecular flexibility index (Phi) is 48.4. The topological polar surface area (TPSA) is 680 Å². The van der Waals surface area contributed by atoms with E-state index in [-0.39, 0.29) is 72.7 Å². The van der Waals surface area contributed by atoms with E-state index in [0.717, 1.165) is 50.9 Å². The van der Waals surface area contributed by atoms with Crippen molar-refractivity contribution in [1.82, 2.24) is 32.6 Å². The highest BCUT2D eigenvalue weighted by molar-refractivity contribution is 6.00. The Balaban J connectivity index is 0.000000245. The zero-order chi connectivity index (χ0) is 110. The molecule has 0 radical (unpaired) electrons. The van der Waals surface area contributed by atoms with Crippen LogP contribution in [0, 0.1) is 0 Å². The van der Waals surface area contributed by atoms with Gasteiger partial charge in [0.2, 0.25) is 0 Å². The summed E-state index contributed by atoms with van der Waals surface area (Å²) in [6.07, 6.45) is 10.1. The number of aliphatic hydroxyl groups is 1. The molecule has 0 saturated carbocycles. The van der Waals surface area contributed by atoms with Gasteiger partial charge >= 0.3 is 11.9 Å². The first-order valence-electron chi connectivity index (χ1n) is 46.8. The number of nitrogen functional groups attached to an aromatic ring is 12. The van der Waals surface area contributed by atoms with Crippen LogP contribution < -0.4 is 101 Å². The van der Waals surface area contributed by atoms with E-state index < -0.39 is 17.8 Å². The summed E-state index contributed by atoms with van der Waals surface area (Å²) in [7, 11) is 1.60. The molecule has 150 heavy (non-hydrogen) atoms. The lowest BCUT2D eigenvalue weighted by atomic mass is 10.1. The average molecular weight is 2050 g/mol. The normalized spacial score (nSPS) is 11.1. The Morgan fingerprint density at radius 1 is 0.280 bits per heavy atom. The molecule has 788 valence electrons. The molecule has 0 aliphatic heterocycles. The minimum absolute atomic E-state index is 0.0279. The number of carbonyl (C=O) groups excluding carboxylic acids is 8. The third kappa shape index (κ3) is 43.8. The van der Waals surface area contributed by atoms with Gasteiger partial charge in [0.1, 0.15) is 13.2 Å². The van der Waals surface area contributed by atoms with Gasteiger partial charge in [0, 0.05) is 180 Å². The quantitative estimate of drug-likeness (QED) is 0.00570. The third-order valence-electron chi connectivity index (χ3n) is 20.4. The molecule has 6 amide bonds. The highest BCUT2D eigenvalue weighted by Gasteiger charge is 2.20. The maximum atomic E-state index is 12.7. The molecular formula is C110H132N24O16. The molecule has 12 aromatic rings. The van der Waals surface area contributed by atoms with Crippen LogP contribution in [0.2, 0.25) is 0 Å². The van der Waals surface area contributed by atoms with E-state index in [1.165, 1.54) is 32.3 Å². The summed E-state index contributed by atoms with van der Waals surface area (Å²) < 4.78 is 37.7. The van der Waals surface area contributed by atoms with E-state index in [9.17, 15) is 43.5 Å². The summed E-state index contributed by atoms with van der Waals surface area (Å²) in [5, 5.41) is 33.1. The van der Waals surface area contributed by atoms with Crippen molar-refractivity contribution in [2.75, 3.05) is 89.1 Å². The first-order chi connectivity index (χ1) is 71.5. The van der Waals surface area contributed by atoms with Crippen LogP contribution in [-0.4, -0.2) is 121 Å². The molecule has 31 N–H and O–H groups in total. The van der Waals surface area contributed by atoms with Crippen LogP contribution in [0.15, 0.2) is 273 Å². The first-order valence-corrected chi connectivity index (χ1v) is 46.8. The number of esters is 2. The number of rotatable bonds is 36. The minimum atomic E-state index is -0.500. The number of benzene rings is 12. The number of aliphatic hydroxyl groups excluding tert-OH is 1.